The molecule has 0 bridgehead atoms. The van der Waals surface area contributed by atoms with Crippen molar-refractivity contribution in [3.8, 4) is 0 Å². The highest BCUT2D eigenvalue weighted by Gasteiger charge is 2.13. The molecule has 0 aliphatic heterocycles. The van der Waals surface area contributed by atoms with Gasteiger partial charge in [0.2, 0.25) is 11.8 Å². The van der Waals surface area contributed by atoms with Gasteiger partial charge >= 0.3 is 0 Å². The summed E-state index contributed by atoms with van der Waals surface area (Å²) >= 11 is 7.07. The predicted molar refractivity (Wildman–Crippen MR) is 71.7 cm³/mol. The minimum absolute atomic E-state index is 0.0469. The smallest absolute Gasteiger partial charge is 0.229 e. The van der Waals surface area contributed by atoms with Gasteiger partial charge in [-0.3, -0.25) is 9.59 Å². The fourth-order valence-electron chi connectivity index (χ4n) is 1.27. The van der Waals surface area contributed by atoms with Crippen LogP contribution in [0.5, 0.6) is 0 Å². The summed E-state index contributed by atoms with van der Waals surface area (Å²) in [6.07, 6.45) is 0.565. The fourth-order valence-corrected chi connectivity index (χ4v) is 2.29. The van der Waals surface area contributed by atoms with Crippen molar-refractivity contribution in [2.75, 3.05) is 20.6 Å². The Labute approximate surface area is 115 Å². The topological polar surface area (TPSA) is 62.3 Å². The monoisotopic (exact) mass is 289 g/mol. The van der Waals surface area contributed by atoms with Crippen LogP contribution in [0.3, 0.4) is 0 Å². The van der Waals surface area contributed by atoms with Gasteiger partial charge in [0.15, 0.2) is 0 Å². The Morgan fingerprint density at radius 2 is 2.28 bits per heavy atom. The van der Waals surface area contributed by atoms with Gasteiger partial charge in [0.25, 0.3) is 0 Å². The number of amides is 2. The van der Waals surface area contributed by atoms with Gasteiger partial charge in [-0.05, 0) is 0 Å². The molecule has 1 rings (SSSR count). The second-order valence-corrected chi connectivity index (χ2v) is 4.99. The van der Waals surface area contributed by atoms with Crippen LogP contribution in [0.1, 0.15) is 17.1 Å². The van der Waals surface area contributed by atoms with Gasteiger partial charge in [0.05, 0.1) is 18.0 Å². The van der Waals surface area contributed by atoms with Gasteiger partial charge in [-0.2, -0.15) is 0 Å². The van der Waals surface area contributed by atoms with E-state index in [-0.39, 0.29) is 18.2 Å². The van der Waals surface area contributed by atoms with E-state index in [9.17, 15) is 9.59 Å². The first kappa shape index (κ1) is 14.9. The SMILES string of the molecule is CNC(=O)CCN(C)C(=O)Cc1nc(CCl)cs1. The van der Waals surface area contributed by atoms with Gasteiger partial charge in [0, 0.05) is 32.4 Å². The van der Waals surface area contributed by atoms with E-state index in [1.807, 2.05) is 5.38 Å². The predicted octanol–water partition coefficient (Wildman–Crippen LogP) is 1.02. The van der Waals surface area contributed by atoms with Crippen molar-refractivity contribution in [1.82, 2.24) is 15.2 Å². The first-order valence-corrected chi connectivity index (χ1v) is 6.92. The zero-order valence-corrected chi connectivity index (χ0v) is 12.0. The lowest BCUT2D eigenvalue weighted by Gasteiger charge is -2.15. The van der Waals surface area contributed by atoms with Crippen LogP contribution >= 0.6 is 22.9 Å². The summed E-state index contributed by atoms with van der Waals surface area (Å²) in [4.78, 5) is 28.7. The summed E-state index contributed by atoms with van der Waals surface area (Å²) in [7, 11) is 3.26. The van der Waals surface area contributed by atoms with Crippen LogP contribution in [0.4, 0.5) is 0 Å². The largest absolute Gasteiger partial charge is 0.359 e. The van der Waals surface area contributed by atoms with E-state index >= 15 is 0 Å². The molecule has 0 unspecified atom stereocenters. The highest BCUT2D eigenvalue weighted by atomic mass is 35.5. The molecule has 1 heterocycles. The average Bonchev–Trinajstić information content (AvgIpc) is 2.82. The molecule has 1 aromatic rings. The van der Waals surface area contributed by atoms with Gasteiger partial charge in [-0.25, -0.2) is 4.98 Å². The molecule has 0 aliphatic rings. The number of likely N-dealkylation sites (N-methyl/N-ethyl adjacent to an activating group) is 1. The number of nitrogens with one attached hydrogen (secondary N) is 1. The van der Waals surface area contributed by atoms with Crippen LogP contribution in [0.2, 0.25) is 0 Å². The molecule has 0 spiro atoms. The molecule has 2 amide bonds. The summed E-state index contributed by atoms with van der Waals surface area (Å²) in [5.41, 5.74) is 0.789. The van der Waals surface area contributed by atoms with Crippen molar-refractivity contribution in [3.05, 3.63) is 16.1 Å². The number of hydrogen-bond acceptors (Lipinski definition) is 4. The normalized spacial score (nSPS) is 10.2. The Morgan fingerprint density at radius 3 is 2.83 bits per heavy atom. The van der Waals surface area contributed by atoms with Crippen LogP contribution in [-0.4, -0.2) is 42.3 Å². The van der Waals surface area contributed by atoms with E-state index in [1.165, 1.54) is 16.2 Å². The van der Waals surface area contributed by atoms with Gasteiger partial charge in [-0.15, -0.1) is 22.9 Å². The minimum Gasteiger partial charge on any atom is -0.359 e. The molecule has 0 saturated heterocycles. The number of carbonyl (C=O) groups excluding carboxylic acids is 2. The molecule has 1 aromatic heterocycles. The highest BCUT2D eigenvalue weighted by Crippen LogP contribution is 2.12. The maximum absolute atomic E-state index is 11.8. The lowest BCUT2D eigenvalue weighted by Crippen LogP contribution is -2.32. The fraction of sp³-hybridized carbons (Fsp3) is 0.545. The molecular formula is C11H16ClN3O2S. The Hall–Kier alpha value is -1.14. The number of thiazole rings is 1. The van der Waals surface area contributed by atoms with Crippen LogP contribution in [0.15, 0.2) is 5.38 Å². The summed E-state index contributed by atoms with van der Waals surface area (Å²) in [6, 6.07) is 0. The van der Waals surface area contributed by atoms with Crippen LogP contribution < -0.4 is 5.32 Å². The van der Waals surface area contributed by atoms with Crippen molar-refractivity contribution in [2.45, 2.75) is 18.7 Å². The van der Waals surface area contributed by atoms with E-state index < -0.39 is 0 Å². The average molecular weight is 290 g/mol. The van der Waals surface area contributed by atoms with Gasteiger partial charge in [-0.1, -0.05) is 0 Å². The third-order valence-electron chi connectivity index (χ3n) is 2.42. The first-order chi connectivity index (χ1) is 8.56. The van der Waals surface area contributed by atoms with Crippen molar-refractivity contribution >= 4 is 34.8 Å². The molecule has 0 fully saturated rings. The second-order valence-electron chi connectivity index (χ2n) is 3.78. The third-order valence-corrected chi connectivity index (χ3v) is 3.59. The Bertz CT molecular complexity index is 422. The number of halogens is 1. The Kier molecular flexibility index (Phi) is 6.07. The molecule has 0 atom stereocenters. The Morgan fingerprint density at radius 1 is 1.56 bits per heavy atom. The number of hydrogen-bond donors (Lipinski definition) is 1. The maximum atomic E-state index is 11.8. The second kappa shape index (κ2) is 7.33. The third kappa shape index (κ3) is 4.62. The Balaban J connectivity index is 2.42. The van der Waals surface area contributed by atoms with Crippen molar-refractivity contribution in [1.29, 1.82) is 0 Å². The number of alkyl halides is 1. The standard InChI is InChI=1S/C11H16ClN3O2S/c1-13-9(16)3-4-15(2)11(17)5-10-14-8(6-12)7-18-10/h7H,3-6H2,1-2H3,(H,13,16). The zero-order valence-electron chi connectivity index (χ0n) is 10.4. The van der Waals surface area contributed by atoms with Gasteiger partial charge < -0.3 is 10.2 Å². The number of carbonyl (C=O) groups is 2. The molecule has 0 aromatic carbocycles. The van der Waals surface area contributed by atoms with E-state index in [1.54, 1.807) is 14.1 Å². The molecule has 1 N–H and O–H groups in total. The molecule has 7 heteroatoms. The first-order valence-electron chi connectivity index (χ1n) is 5.50. The van der Waals surface area contributed by atoms with Crippen molar-refractivity contribution in [3.63, 3.8) is 0 Å². The molecule has 0 saturated carbocycles. The van der Waals surface area contributed by atoms with Gasteiger partial charge in [0.1, 0.15) is 5.01 Å². The van der Waals surface area contributed by atoms with E-state index in [0.717, 1.165) is 10.7 Å². The van der Waals surface area contributed by atoms with Crippen LogP contribution in [0, 0.1) is 0 Å². The van der Waals surface area contributed by atoms with E-state index in [4.69, 9.17) is 11.6 Å². The lowest BCUT2D eigenvalue weighted by molar-refractivity contribution is -0.129. The molecular weight excluding hydrogens is 274 g/mol. The number of rotatable bonds is 6. The molecule has 0 radical (unpaired) electrons. The minimum atomic E-state index is -0.0756. The van der Waals surface area contributed by atoms with Crippen molar-refractivity contribution in [2.24, 2.45) is 0 Å². The number of aromatic nitrogens is 1. The highest BCUT2D eigenvalue weighted by molar-refractivity contribution is 7.09. The zero-order chi connectivity index (χ0) is 13.5. The van der Waals surface area contributed by atoms with Crippen molar-refractivity contribution < 1.29 is 9.59 Å². The van der Waals surface area contributed by atoms with E-state index in [2.05, 4.69) is 10.3 Å². The molecule has 0 aliphatic carbocycles. The lowest BCUT2D eigenvalue weighted by atomic mass is 10.3. The molecule has 5 nitrogen and oxygen atoms in total. The van der Waals surface area contributed by atoms with Crippen LogP contribution in [0.25, 0.3) is 0 Å². The molecule has 100 valence electrons. The summed E-state index contributed by atoms with van der Waals surface area (Å²) < 4.78 is 0. The summed E-state index contributed by atoms with van der Waals surface area (Å²) in [5.74, 6) is 0.236. The number of nitrogens with zero attached hydrogens (tertiary/aromatic N) is 2. The van der Waals surface area contributed by atoms with Crippen LogP contribution in [-0.2, 0) is 21.9 Å². The quantitative estimate of drug-likeness (QED) is 0.795. The maximum Gasteiger partial charge on any atom is 0.229 e. The summed E-state index contributed by atoms with van der Waals surface area (Å²) in [6.45, 7) is 0.409. The summed E-state index contributed by atoms with van der Waals surface area (Å²) in [5, 5.41) is 5.12. The van der Waals surface area contributed by atoms with E-state index in [0.29, 0.717) is 18.8 Å². The molecule has 18 heavy (non-hydrogen) atoms.